The summed E-state index contributed by atoms with van der Waals surface area (Å²) in [6.45, 7) is 2.04. The molecule has 0 radical (unpaired) electrons. The SMILES string of the molecule is O=S(=O)(C[C@@H]1CCN(Cc2ccc(-n3ccnn3)cc2)C1)c1cccc(OC(F)(F)F)c1. The second-order valence-corrected chi connectivity index (χ2v) is 9.74. The quantitative estimate of drug-likeness (QED) is 0.531. The lowest BCUT2D eigenvalue weighted by Crippen LogP contribution is -2.23. The number of hydrogen-bond donors (Lipinski definition) is 0. The number of benzene rings is 2. The van der Waals surface area contributed by atoms with Crippen LogP contribution in [0.5, 0.6) is 5.75 Å². The number of nitrogens with zero attached hydrogens (tertiary/aromatic N) is 4. The summed E-state index contributed by atoms with van der Waals surface area (Å²) in [7, 11) is -3.74. The van der Waals surface area contributed by atoms with Crippen molar-refractivity contribution in [1.82, 2.24) is 19.9 Å². The second kappa shape index (κ2) is 8.91. The van der Waals surface area contributed by atoms with E-state index in [1.807, 2.05) is 24.3 Å². The molecule has 170 valence electrons. The van der Waals surface area contributed by atoms with Gasteiger partial charge in [0.15, 0.2) is 9.84 Å². The van der Waals surface area contributed by atoms with E-state index in [0.29, 0.717) is 19.5 Å². The average molecular weight is 466 g/mol. The molecule has 4 rings (SSSR count). The number of aromatic nitrogens is 3. The van der Waals surface area contributed by atoms with Crippen LogP contribution in [0.25, 0.3) is 5.69 Å². The summed E-state index contributed by atoms with van der Waals surface area (Å²) in [6.07, 6.45) is -0.811. The highest BCUT2D eigenvalue weighted by molar-refractivity contribution is 7.91. The van der Waals surface area contributed by atoms with Crippen molar-refractivity contribution in [3.63, 3.8) is 0 Å². The zero-order valence-corrected chi connectivity index (χ0v) is 17.8. The predicted octanol–water partition coefficient (Wildman–Crippen LogP) is 3.46. The highest BCUT2D eigenvalue weighted by atomic mass is 32.2. The topological polar surface area (TPSA) is 77.3 Å². The van der Waals surface area contributed by atoms with Gasteiger partial charge in [0.25, 0.3) is 0 Å². The monoisotopic (exact) mass is 466 g/mol. The molecule has 1 aliphatic rings. The molecule has 0 bridgehead atoms. The van der Waals surface area contributed by atoms with Gasteiger partial charge >= 0.3 is 6.36 Å². The lowest BCUT2D eigenvalue weighted by Gasteiger charge is -2.17. The van der Waals surface area contributed by atoms with E-state index in [9.17, 15) is 21.6 Å². The van der Waals surface area contributed by atoms with Crippen LogP contribution in [0.15, 0.2) is 65.8 Å². The van der Waals surface area contributed by atoms with Gasteiger partial charge in [-0.3, -0.25) is 4.90 Å². The fraction of sp³-hybridized carbons (Fsp3) is 0.333. The molecule has 1 aliphatic heterocycles. The van der Waals surface area contributed by atoms with Gasteiger partial charge in [0, 0.05) is 13.1 Å². The van der Waals surface area contributed by atoms with Gasteiger partial charge in [-0.1, -0.05) is 23.4 Å². The minimum Gasteiger partial charge on any atom is -0.406 e. The largest absolute Gasteiger partial charge is 0.573 e. The lowest BCUT2D eigenvalue weighted by atomic mass is 10.1. The van der Waals surface area contributed by atoms with Gasteiger partial charge in [0.2, 0.25) is 0 Å². The van der Waals surface area contributed by atoms with Gasteiger partial charge in [0.1, 0.15) is 5.75 Å². The molecule has 1 fully saturated rings. The molecule has 0 unspecified atom stereocenters. The van der Waals surface area contributed by atoms with E-state index < -0.39 is 21.9 Å². The van der Waals surface area contributed by atoms with Crippen molar-refractivity contribution in [2.45, 2.75) is 24.2 Å². The van der Waals surface area contributed by atoms with Crippen molar-refractivity contribution in [2.24, 2.45) is 5.92 Å². The molecule has 0 N–H and O–H groups in total. The number of ether oxygens (including phenoxy) is 1. The predicted molar refractivity (Wildman–Crippen MR) is 110 cm³/mol. The summed E-state index contributed by atoms with van der Waals surface area (Å²) in [6, 6.07) is 12.4. The molecule has 11 heteroatoms. The van der Waals surface area contributed by atoms with Crippen molar-refractivity contribution in [1.29, 1.82) is 0 Å². The number of halogens is 3. The first-order valence-electron chi connectivity index (χ1n) is 9.94. The summed E-state index contributed by atoms with van der Waals surface area (Å²) in [5, 5.41) is 7.73. The molecular formula is C21H21F3N4O3S. The summed E-state index contributed by atoms with van der Waals surface area (Å²) in [4.78, 5) is 2.01. The molecular weight excluding hydrogens is 445 g/mol. The van der Waals surface area contributed by atoms with E-state index in [1.54, 1.807) is 17.1 Å². The van der Waals surface area contributed by atoms with Crippen LogP contribution in [0.3, 0.4) is 0 Å². The third-order valence-corrected chi connectivity index (χ3v) is 7.14. The van der Waals surface area contributed by atoms with Crippen LogP contribution in [0.1, 0.15) is 12.0 Å². The Bertz CT molecular complexity index is 1150. The van der Waals surface area contributed by atoms with Crippen LogP contribution in [0.4, 0.5) is 13.2 Å². The number of likely N-dealkylation sites (tertiary alicyclic amines) is 1. The van der Waals surface area contributed by atoms with Crippen molar-refractivity contribution < 1.29 is 26.3 Å². The van der Waals surface area contributed by atoms with Crippen molar-refractivity contribution in [3.05, 3.63) is 66.5 Å². The number of rotatable bonds is 7. The maximum atomic E-state index is 12.8. The van der Waals surface area contributed by atoms with Crippen molar-refractivity contribution in [2.75, 3.05) is 18.8 Å². The van der Waals surface area contributed by atoms with E-state index in [4.69, 9.17) is 0 Å². The smallest absolute Gasteiger partial charge is 0.406 e. The van der Waals surface area contributed by atoms with Gasteiger partial charge in [-0.2, -0.15) is 0 Å². The van der Waals surface area contributed by atoms with Crippen molar-refractivity contribution >= 4 is 9.84 Å². The fourth-order valence-electron chi connectivity index (χ4n) is 3.82. The maximum Gasteiger partial charge on any atom is 0.573 e. The highest BCUT2D eigenvalue weighted by Gasteiger charge is 2.32. The minimum absolute atomic E-state index is 0.0957. The number of hydrogen-bond acceptors (Lipinski definition) is 6. The number of sulfone groups is 1. The molecule has 1 aromatic heterocycles. The maximum absolute atomic E-state index is 12.8. The zero-order chi connectivity index (χ0) is 22.8. The van der Waals surface area contributed by atoms with E-state index in [-0.39, 0.29) is 16.6 Å². The van der Waals surface area contributed by atoms with Crippen molar-refractivity contribution in [3.8, 4) is 11.4 Å². The Labute approximate surface area is 183 Å². The summed E-state index contributed by atoms with van der Waals surface area (Å²) in [5.41, 5.74) is 1.99. The molecule has 1 atom stereocenters. The first-order valence-corrected chi connectivity index (χ1v) is 11.6. The standard InChI is InChI=1S/C21H21F3N4O3S/c22-21(23,24)31-19-2-1-3-20(12-19)32(29,30)15-17-8-10-27(14-17)13-16-4-6-18(7-5-16)28-11-9-25-26-28/h1-7,9,11-12,17H,8,10,13-15H2/t17-/m1/s1. The Kier molecular flexibility index (Phi) is 6.20. The molecule has 2 aromatic carbocycles. The van der Waals surface area contributed by atoms with E-state index in [0.717, 1.165) is 29.9 Å². The highest BCUT2D eigenvalue weighted by Crippen LogP contribution is 2.28. The summed E-state index contributed by atoms with van der Waals surface area (Å²) < 4.78 is 68.3. The Balaban J connectivity index is 1.35. The molecule has 0 amide bonds. The van der Waals surface area contributed by atoms with Gasteiger partial charge in [-0.05, 0) is 54.8 Å². The van der Waals surface area contributed by atoms with Crippen LogP contribution in [0, 0.1) is 5.92 Å². The molecule has 3 aromatic rings. The van der Waals surface area contributed by atoms with Crippen LogP contribution in [-0.2, 0) is 16.4 Å². The molecule has 32 heavy (non-hydrogen) atoms. The Morgan fingerprint density at radius 2 is 1.91 bits per heavy atom. The first kappa shape index (κ1) is 22.3. The van der Waals surface area contributed by atoms with E-state index in [1.165, 1.54) is 12.1 Å². The fourth-order valence-corrected chi connectivity index (χ4v) is 5.49. The Morgan fingerprint density at radius 3 is 2.59 bits per heavy atom. The third kappa shape index (κ3) is 5.65. The van der Waals surface area contributed by atoms with Crippen LogP contribution >= 0.6 is 0 Å². The number of alkyl halides is 3. The Hall–Kier alpha value is -2.92. The average Bonchev–Trinajstić information content (AvgIpc) is 3.40. The molecule has 7 nitrogen and oxygen atoms in total. The van der Waals surface area contributed by atoms with E-state index in [2.05, 4.69) is 19.9 Å². The normalized spacial score (nSPS) is 17.5. The van der Waals surface area contributed by atoms with E-state index >= 15 is 0 Å². The van der Waals surface area contributed by atoms with Crippen LogP contribution < -0.4 is 4.74 Å². The molecule has 1 saturated heterocycles. The van der Waals surface area contributed by atoms with Gasteiger partial charge in [-0.15, -0.1) is 18.3 Å². The first-order chi connectivity index (χ1) is 15.2. The lowest BCUT2D eigenvalue weighted by molar-refractivity contribution is -0.274. The molecule has 0 saturated carbocycles. The second-order valence-electron chi connectivity index (χ2n) is 7.71. The zero-order valence-electron chi connectivity index (χ0n) is 16.9. The molecule has 2 heterocycles. The van der Waals surface area contributed by atoms with Crippen LogP contribution in [-0.4, -0.2) is 53.5 Å². The summed E-state index contributed by atoms with van der Waals surface area (Å²) >= 11 is 0. The van der Waals surface area contributed by atoms with Gasteiger partial charge < -0.3 is 4.74 Å². The van der Waals surface area contributed by atoms with Gasteiger partial charge in [0.05, 0.1) is 28.7 Å². The van der Waals surface area contributed by atoms with Crippen LogP contribution in [0.2, 0.25) is 0 Å². The third-order valence-electron chi connectivity index (χ3n) is 5.25. The molecule has 0 spiro atoms. The minimum atomic E-state index is -4.87. The molecule has 0 aliphatic carbocycles. The Morgan fingerprint density at radius 1 is 1.12 bits per heavy atom. The van der Waals surface area contributed by atoms with Gasteiger partial charge in [-0.25, -0.2) is 13.1 Å². The summed E-state index contributed by atoms with van der Waals surface area (Å²) in [5.74, 6) is -0.757.